The van der Waals surface area contributed by atoms with Crippen LogP contribution in [0.5, 0.6) is 0 Å². The number of nitrogens with one attached hydrogen (secondary N) is 2. The summed E-state index contributed by atoms with van der Waals surface area (Å²) in [5.41, 5.74) is 0.0231. The normalized spacial score (nSPS) is 29.2. The number of rotatable bonds is 2. The first kappa shape index (κ1) is 14.6. The van der Waals surface area contributed by atoms with E-state index in [4.69, 9.17) is 4.74 Å². The second kappa shape index (κ2) is 6.09. The van der Waals surface area contributed by atoms with E-state index in [-0.39, 0.29) is 11.6 Å². The van der Waals surface area contributed by atoms with Crippen LogP contribution in [0.3, 0.4) is 0 Å². The van der Waals surface area contributed by atoms with E-state index in [1.54, 1.807) is 7.05 Å². The van der Waals surface area contributed by atoms with Crippen molar-refractivity contribution in [2.75, 3.05) is 33.3 Å². The molecule has 2 heterocycles. The lowest BCUT2D eigenvalue weighted by molar-refractivity contribution is -0.0453. The smallest absolute Gasteiger partial charge is 0.191 e. The second-order valence-corrected chi connectivity index (χ2v) is 6.57. The van der Waals surface area contributed by atoms with Gasteiger partial charge in [0.1, 0.15) is 0 Å². The standard InChI is InChI=1S/C14H28N4O/c1-14(2,3)17-13(15-4)16-8-12-9-18-7-5-6-11(18)10-19-12/h11-12H,5-10H2,1-4H3,(H2,15,16,17). The van der Waals surface area contributed by atoms with E-state index in [1.807, 2.05) is 0 Å². The average Bonchev–Trinajstić information content (AvgIpc) is 2.80. The lowest BCUT2D eigenvalue weighted by atomic mass is 10.1. The molecular formula is C14H28N4O. The van der Waals surface area contributed by atoms with Gasteiger partial charge in [0, 0.05) is 31.7 Å². The molecule has 0 radical (unpaired) electrons. The first-order valence-corrected chi connectivity index (χ1v) is 7.32. The maximum Gasteiger partial charge on any atom is 0.191 e. The van der Waals surface area contributed by atoms with Crippen LogP contribution in [0.1, 0.15) is 33.6 Å². The lowest BCUT2D eigenvalue weighted by Crippen LogP contribution is -2.53. The molecule has 0 aromatic rings. The van der Waals surface area contributed by atoms with E-state index >= 15 is 0 Å². The highest BCUT2D eigenvalue weighted by Crippen LogP contribution is 2.22. The number of hydrogen-bond donors (Lipinski definition) is 2. The van der Waals surface area contributed by atoms with Crippen molar-refractivity contribution >= 4 is 5.96 Å². The van der Waals surface area contributed by atoms with Crippen molar-refractivity contribution in [3.8, 4) is 0 Å². The van der Waals surface area contributed by atoms with E-state index < -0.39 is 0 Å². The van der Waals surface area contributed by atoms with E-state index in [0.29, 0.717) is 6.04 Å². The Morgan fingerprint density at radius 1 is 1.42 bits per heavy atom. The summed E-state index contributed by atoms with van der Waals surface area (Å²) >= 11 is 0. The van der Waals surface area contributed by atoms with Crippen LogP contribution in [0.2, 0.25) is 0 Å². The molecule has 2 aliphatic rings. The number of nitrogens with zero attached hydrogens (tertiary/aromatic N) is 2. The number of aliphatic imine (C=N–C) groups is 1. The van der Waals surface area contributed by atoms with Crippen LogP contribution < -0.4 is 10.6 Å². The highest BCUT2D eigenvalue weighted by molar-refractivity contribution is 5.80. The van der Waals surface area contributed by atoms with Gasteiger partial charge in [-0.2, -0.15) is 0 Å². The molecule has 5 heteroatoms. The van der Waals surface area contributed by atoms with Crippen LogP contribution >= 0.6 is 0 Å². The quantitative estimate of drug-likeness (QED) is 0.575. The largest absolute Gasteiger partial charge is 0.373 e. The predicted octanol–water partition coefficient (Wildman–Crippen LogP) is 0.813. The fourth-order valence-corrected chi connectivity index (χ4v) is 2.75. The number of fused-ring (bicyclic) bond motifs is 1. The molecule has 2 aliphatic heterocycles. The Morgan fingerprint density at radius 2 is 2.21 bits per heavy atom. The molecule has 2 fully saturated rings. The SMILES string of the molecule is CN=C(NCC1CN2CCCC2CO1)NC(C)(C)C. The summed E-state index contributed by atoms with van der Waals surface area (Å²) < 4.78 is 5.93. The molecule has 5 nitrogen and oxygen atoms in total. The van der Waals surface area contributed by atoms with Gasteiger partial charge in [0.15, 0.2) is 5.96 Å². The Morgan fingerprint density at radius 3 is 2.89 bits per heavy atom. The third kappa shape index (κ3) is 4.35. The first-order chi connectivity index (χ1) is 8.98. The summed E-state index contributed by atoms with van der Waals surface area (Å²) in [6.45, 7) is 10.4. The molecule has 110 valence electrons. The van der Waals surface area contributed by atoms with Gasteiger partial charge in [-0.3, -0.25) is 9.89 Å². The van der Waals surface area contributed by atoms with Gasteiger partial charge < -0.3 is 15.4 Å². The molecule has 0 aromatic heterocycles. The highest BCUT2D eigenvalue weighted by atomic mass is 16.5. The minimum Gasteiger partial charge on any atom is -0.373 e. The van der Waals surface area contributed by atoms with Crippen LogP contribution in [0.4, 0.5) is 0 Å². The molecular weight excluding hydrogens is 240 g/mol. The van der Waals surface area contributed by atoms with E-state index in [9.17, 15) is 0 Å². The van der Waals surface area contributed by atoms with Crippen molar-refractivity contribution < 1.29 is 4.74 Å². The van der Waals surface area contributed by atoms with Gasteiger partial charge in [-0.15, -0.1) is 0 Å². The third-order valence-corrected chi connectivity index (χ3v) is 3.68. The van der Waals surface area contributed by atoms with Gasteiger partial charge in [0.05, 0.1) is 12.7 Å². The zero-order valence-electron chi connectivity index (χ0n) is 12.7. The first-order valence-electron chi connectivity index (χ1n) is 7.32. The van der Waals surface area contributed by atoms with Crippen LogP contribution in [-0.4, -0.2) is 61.8 Å². The van der Waals surface area contributed by atoms with Crippen LogP contribution in [0, 0.1) is 0 Å². The molecule has 0 saturated carbocycles. The van der Waals surface area contributed by atoms with Gasteiger partial charge in [-0.25, -0.2) is 0 Å². The molecule has 2 unspecified atom stereocenters. The molecule has 0 aliphatic carbocycles. The Bertz CT molecular complexity index is 324. The average molecular weight is 268 g/mol. The summed E-state index contributed by atoms with van der Waals surface area (Å²) in [5.74, 6) is 0.847. The van der Waals surface area contributed by atoms with Gasteiger partial charge >= 0.3 is 0 Å². The Labute approximate surface area is 116 Å². The fourth-order valence-electron chi connectivity index (χ4n) is 2.75. The molecule has 0 amide bonds. The molecule has 2 saturated heterocycles. The van der Waals surface area contributed by atoms with E-state index in [1.165, 1.54) is 19.4 Å². The van der Waals surface area contributed by atoms with Crippen molar-refractivity contribution in [2.45, 2.75) is 51.3 Å². The van der Waals surface area contributed by atoms with Crippen LogP contribution in [-0.2, 0) is 4.74 Å². The molecule has 0 bridgehead atoms. The zero-order valence-corrected chi connectivity index (χ0v) is 12.7. The minimum atomic E-state index is 0.0231. The molecule has 0 spiro atoms. The maximum atomic E-state index is 5.93. The van der Waals surface area contributed by atoms with Crippen LogP contribution in [0.25, 0.3) is 0 Å². The van der Waals surface area contributed by atoms with E-state index in [2.05, 4.69) is 41.3 Å². The van der Waals surface area contributed by atoms with Gasteiger partial charge in [-0.1, -0.05) is 0 Å². The fraction of sp³-hybridized carbons (Fsp3) is 0.929. The van der Waals surface area contributed by atoms with Gasteiger partial charge in [-0.05, 0) is 40.2 Å². The monoisotopic (exact) mass is 268 g/mol. The Balaban J connectivity index is 1.75. The molecule has 2 rings (SSSR count). The van der Waals surface area contributed by atoms with Gasteiger partial charge in [0.25, 0.3) is 0 Å². The summed E-state index contributed by atoms with van der Waals surface area (Å²) in [7, 11) is 1.80. The van der Waals surface area contributed by atoms with Crippen molar-refractivity contribution in [1.29, 1.82) is 0 Å². The lowest BCUT2D eigenvalue weighted by Gasteiger charge is -2.35. The summed E-state index contributed by atoms with van der Waals surface area (Å²) in [5, 5.41) is 6.72. The number of morpholine rings is 1. The summed E-state index contributed by atoms with van der Waals surface area (Å²) in [4.78, 5) is 6.81. The number of guanidine groups is 1. The van der Waals surface area contributed by atoms with Crippen molar-refractivity contribution in [3.05, 3.63) is 0 Å². The third-order valence-electron chi connectivity index (χ3n) is 3.68. The number of ether oxygens (including phenoxy) is 1. The molecule has 19 heavy (non-hydrogen) atoms. The zero-order chi connectivity index (χ0) is 13.9. The number of hydrogen-bond acceptors (Lipinski definition) is 3. The topological polar surface area (TPSA) is 48.9 Å². The minimum absolute atomic E-state index is 0.0231. The maximum absolute atomic E-state index is 5.93. The van der Waals surface area contributed by atoms with Crippen molar-refractivity contribution in [3.63, 3.8) is 0 Å². The molecule has 2 N–H and O–H groups in total. The Kier molecular flexibility index (Phi) is 4.68. The molecule has 0 aromatic carbocycles. The van der Waals surface area contributed by atoms with Crippen molar-refractivity contribution in [1.82, 2.24) is 15.5 Å². The summed E-state index contributed by atoms with van der Waals surface area (Å²) in [6, 6.07) is 0.670. The van der Waals surface area contributed by atoms with E-state index in [0.717, 1.165) is 25.7 Å². The van der Waals surface area contributed by atoms with Crippen LogP contribution in [0.15, 0.2) is 4.99 Å². The molecule has 2 atom stereocenters. The van der Waals surface area contributed by atoms with Crippen molar-refractivity contribution in [2.24, 2.45) is 4.99 Å². The highest BCUT2D eigenvalue weighted by Gasteiger charge is 2.32. The second-order valence-electron chi connectivity index (χ2n) is 6.57. The van der Waals surface area contributed by atoms with Gasteiger partial charge in [0.2, 0.25) is 0 Å². The Hall–Kier alpha value is -0.810. The summed E-state index contributed by atoms with van der Waals surface area (Å²) in [6.07, 6.45) is 2.89. The predicted molar refractivity (Wildman–Crippen MR) is 78.6 cm³/mol.